The average Bonchev–Trinajstić information content (AvgIpc) is 2.69. The molecule has 0 radical (unpaired) electrons. The van der Waals surface area contributed by atoms with E-state index in [0.29, 0.717) is 12.1 Å². The molecule has 0 saturated heterocycles. The number of hydrogen-bond donors (Lipinski definition) is 0. The van der Waals surface area contributed by atoms with E-state index in [-0.39, 0.29) is 5.91 Å². The highest BCUT2D eigenvalue weighted by molar-refractivity contribution is 5.94. The van der Waals surface area contributed by atoms with E-state index in [1.54, 1.807) is 17.3 Å². The summed E-state index contributed by atoms with van der Waals surface area (Å²) in [5, 5.41) is 0. The lowest BCUT2D eigenvalue weighted by Crippen LogP contribution is -2.26. The minimum atomic E-state index is -0.0338. The van der Waals surface area contributed by atoms with Crippen molar-refractivity contribution >= 4 is 17.3 Å². The zero-order chi connectivity index (χ0) is 19.2. The van der Waals surface area contributed by atoms with Gasteiger partial charge in [0, 0.05) is 32.0 Å². The standard InChI is InChI=1S/C23H25N3O/c1-4-26(21-12-8-9-18(2)13-21)22-14-20(15-24-16-22)23(27)25(3)17-19-10-6-5-7-11-19/h5-16H,4,17H2,1-3H3. The molecule has 0 atom stereocenters. The van der Waals surface area contributed by atoms with Gasteiger partial charge in [-0.15, -0.1) is 0 Å². The van der Waals surface area contributed by atoms with Crippen LogP contribution in [0.5, 0.6) is 0 Å². The Morgan fingerprint density at radius 2 is 1.74 bits per heavy atom. The number of hydrogen-bond acceptors (Lipinski definition) is 3. The van der Waals surface area contributed by atoms with Crippen molar-refractivity contribution in [2.75, 3.05) is 18.5 Å². The Morgan fingerprint density at radius 3 is 2.44 bits per heavy atom. The van der Waals surface area contributed by atoms with E-state index in [1.165, 1.54) is 5.56 Å². The lowest BCUT2D eigenvalue weighted by molar-refractivity contribution is 0.0784. The Bertz CT molecular complexity index is 908. The maximum atomic E-state index is 12.9. The van der Waals surface area contributed by atoms with Crippen molar-refractivity contribution < 1.29 is 4.79 Å². The molecule has 4 nitrogen and oxygen atoms in total. The first kappa shape index (κ1) is 18.6. The summed E-state index contributed by atoms with van der Waals surface area (Å²) in [6.07, 6.45) is 3.44. The Morgan fingerprint density at radius 1 is 0.963 bits per heavy atom. The molecule has 0 N–H and O–H groups in total. The number of nitrogens with zero attached hydrogens (tertiary/aromatic N) is 3. The lowest BCUT2D eigenvalue weighted by Gasteiger charge is -2.24. The molecule has 0 aliphatic carbocycles. The minimum absolute atomic E-state index is 0.0338. The van der Waals surface area contributed by atoms with Gasteiger partial charge in [-0.1, -0.05) is 42.5 Å². The third-order valence-electron chi connectivity index (χ3n) is 4.52. The molecule has 138 valence electrons. The van der Waals surface area contributed by atoms with Gasteiger partial charge in [0.1, 0.15) is 0 Å². The van der Waals surface area contributed by atoms with Crippen LogP contribution in [-0.4, -0.2) is 29.4 Å². The molecule has 0 unspecified atom stereocenters. The molecule has 1 aromatic heterocycles. The van der Waals surface area contributed by atoms with Crippen molar-refractivity contribution in [3.63, 3.8) is 0 Å². The van der Waals surface area contributed by atoms with Crippen LogP contribution in [0.1, 0.15) is 28.4 Å². The van der Waals surface area contributed by atoms with Crippen LogP contribution in [0.2, 0.25) is 0 Å². The Labute approximate surface area is 161 Å². The van der Waals surface area contributed by atoms with Gasteiger partial charge >= 0.3 is 0 Å². The summed E-state index contributed by atoms with van der Waals surface area (Å²) in [6.45, 7) is 5.54. The molecule has 0 aliphatic heterocycles. The molecule has 0 aliphatic rings. The Kier molecular flexibility index (Phi) is 5.87. The first-order valence-electron chi connectivity index (χ1n) is 9.17. The molecule has 3 rings (SSSR count). The van der Waals surface area contributed by atoms with E-state index in [2.05, 4.69) is 41.9 Å². The van der Waals surface area contributed by atoms with Gasteiger partial charge in [-0.25, -0.2) is 0 Å². The molecule has 3 aromatic rings. The maximum absolute atomic E-state index is 12.9. The van der Waals surface area contributed by atoms with E-state index in [9.17, 15) is 4.79 Å². The summed E-state index contributed by atoms with van der Waals surface area (Å²) < 4.78 is 0. The van der Waals surface area contributed by atoms with E-state index in [1.807, 2.05) is 49.5 Å². The molecule has 1 amide bonds. The largest absolute Gasteiger partial charge is 0.340 e. The molecule has 1 heterocycles. The smallest absolute Gasteiger partial charge is 0.255 e. The van der Waals surface area contributed by atoms with Gasteiger partial charge in [-0.3, -0.25) is 9.78 Å². The number of amides is 1. The monoisotopic (exact) mass is 359 g/mol. The highest BCUT2D eigenvalue weighted by atomic mass is 16.2. The van der Waals surface area contributed by atoms with Crippen LogP contribution in [0.25, 0.3) is 0 Å². The number of rotatable bonds is 6. The summed E-state index contributed by atoms with van der Waals surface area (Å²) in [5.74, 6) is -0.0338. The minimum Gasteiger partial charge on any atom is -0.340 e. The van der Waals surface area contributed by atoms with Crippen LogP contribution < -0.4 is 4.90 Å². The van der Waals surface area contributed by atoms with Gasteiger partial charge in [0.2, 0.25) is 0 Å². The molecule has 0 bridgehead atoms. The lowest BCUT2D eigenvalue weighted by atomic mass is 10.1. The van der Waals surface area contributed by atoms with Crippen LogP contribution in [0.3, 0.4) is 0 Å². The van der Waals surface area contributed by atoms with Crippen molar-refractivity contribution in [3.8, 4) is 0 Å². The van der Waals surface area contributed by atoms with Crippen molar-refractivity contribution in [2.45, 2.75) is 20.4 Å². The first-order chi connectivity index (χ1) is 13.1. The number of carbonyl (C=O) groups is 1. The van der Waals surface area contributed by atoms with Crippen LogP contribution in [0.15, 0.2) is 73.1 Å². The van der Waals surface area contributed by atoms with Gasteiger partial charge in [0.25, 0.3) is 5.91 Å². The van der Waals surface area contributed by atoms with Crippen molar-refractivity contribution in [1.82, 2.24) is 9.88 Å². The number of anilines is 2. The summed E-state index contributed by atoms with van der Waals surface area (Å²) in [6, 6.07) is 20.2. The maximum Gasteiger partial charge on any atom is 0.255 e. The summed E-state index contributed by atoms with van der Waals surface area (Å²) >= 11 is 0. The fraction of sp³-hybridized carbons (Fsp3) is 0.217. The quantitative estimate of drug-likeness (QED) is 0.633. The second-order valence-corrected chi connectivity index (χ2v) is 6.66. The fourth-order valence-electron chi connectivity index (χ4n) is 3.15. The highest BCUT2D eigenvalue weighted by Crippen LogP contribution is 2.26. The molecule has 4 heteroatoms. The van der Waals surface area contributed by atoms with Crippen molar-refractivity contribution in [3.05, 3.63) is 89.7 Å². The van der Waals surface area contributed by atoms with E-state index in [4.69, 9.17) is 0 Å². The number of aromatic nitrogens is 1. The Balaban J connectivity index is 1.82. The number of benzene rings is 2. The van der Waals surface area contributed by atoms with Crippen LogP contribution in [-0.2, 0) is 6.54 Å². The third-order valence-corrected chi connectivity index (χ3v) is 4.52. The molecule has 0 spiro atoms. The third kappa shape index (κ3) is 4.53. The number of aryl methyl sites for hydroxylation is 1. The topological polar surface area (TPSA) is 36.4 Å². The Hall–Kier alpha value is -3.14. The van der Waals surface area contributed by atoms with E-state index in [0.717, 1.165) is 23.5 Å². The fourth-order valence-corrected chi connectivity index (χ4v) is 3.15. The predicted octanol–water partition coefficient (Wildman–Crippen LogP) is 4.82. The van der Waals surface area contributed by atoms with Gasteiger partial charge in [0.15, 0.2) is 0 Å². The van der Waals surface area contributed by atoms with E-state index >= 15 is 0 Å². The van der Waals surface area contributed by atoms with Gasteiger partial charge in [-0.05, 0) is 43.2 Å². The molecular weight excluding hydrogens is 334 g/mol. The van der Waals surface area contributed by atoms with Crippen molar-refractivity contribution in [2.24, 2.45) is 0 Å². The molecule has 2 aromatic carbocycles. The SMILES string of the molecule is CCN(c1cccc(C)c1)c1cncc(C(=O)N(C)Cc2ccccc2)c1. The average molecular weight is 359 g/mol. The van der Waals surface area contributed by atoms with Crippen LogP contribution in [0, 0.1) is 6.92 Å². The molecular formula is C23H25N3O. The molecule has 0 saturated carbocycles. The zero-order valence-electron chi connectivity index (χ0n) is 16.1. The van der Waals surface area contributed by atoms with Gasteiger partial charge in [-0.2, -0.15) is 0 Å². The zero-order valence-corrected chi connectivity index (χ0v) is 16.1. The highest BCUT2D eigenvalue weighted by Gasteiger charge is 2.15. The van der Waals surface area contributed by atoms with Crippen molar-refractivity contribution in [1.29, 1.82) is 0 Å². The van der Waals surface area contributed by atoms with E-state index < -0.39 is 0 Å². The predicted molar refractivity (Wildman–Crippen MR) is 110 cm³/mol. The summed E-state index contributed by atoms with van der Waals surface area (Å²) in [4.78, 5) is 21.1. The molecule has 27 heavy (non-hydrogen) atoms. The second-order valence-electron chi connectivity index (χ2n) is 6.66. The summed E-state index contributed by atoms with van der Waals surface area (Å²) in [5.41, 5.74) is 4.92. The van der Waals surface area contributed by atoms with Gasteiger partial charge in [0.05, 0.1) is 17.4 Å². The van der Waals surface area contributed by atoms with Gasteiger partial charge < -0.3 is 9.80 Å². The normalized spacial score (nSPS) is 10.5. The number of carbonyl (C=O) groups excluding carboxylic acids is 1. The first-order valence-corrected chi connectivity index (χ1v) is 9.17. The molecule has 0 fully saturated rings. The number of pyridine rings is 1. The second kappa shape index (κ2) is 8.49. The van der Waals surface area contributed by atoms with Crippen LogP contribution >= 0.6 is 0 Å². The summed E-state index contributed by atoms with van der Waals surface area (Å²) in [7, 11) is 1.82. The van der Waals surface area contributed by atoms with Crippen LogP contribution in [0.4, 0.5) is 11.4 Å².